The fourth-order valence-corrected chi connectivity index (χ4v) is 2.93. The third-order valence-corrected chi connectivity index (χ3v) is 4.34. The van der Waals surface area contributed by atoms with Crippen molar-refractivity contribution in [3.63, 3.8) is 0 Å². The summed E-state index contributed by atoms with van der Waals surface area (Å²) in [7, 11) is 0. The Balaban J connectivity index is 1.40. The van der Waals surface area contributed by atoms with E-state index in [4.69, 9.17) is 0 Å². The molecule has 0 saturated carbocycles. The van der Waals surface area contributed by atoms with Crippen molar-refractivity contribution in [2.45, 2.75) is 13.1 Å². The molecule has 2 aromatic heterocycles. The van der Waals surface area contributed by atoms with E-state index >= 15 is 0 Å². The zero-order valence-corrected chi connectivity index (χ0v) is 15.0. The maximum absolute atomic E-state index is 13.1. The molecule has 0 fully saturated rings. The standard InChI is InChI=1S/C21H18FN5O/c22-18-8-6-17(7-9-18)20-19(12-24-26-20)21(28)23-10-16-11-25-27(14-16)13-15-4-2-1-3-5-15/h1-9,11-12,14H,10,13H2,(H,23,28)(H,24,26). The third kappa shape index (κ3) is 3.98. The number of amides is 1. The minimum Gasteiger partial charge on any atom is -0.348 e. The molecule has 0 saturated heterocycles. The summed E-state index contributed by atoms with van der Waals surface area (Å²) in [4.78, 5) is 12.6. The van der Waals surface area contributed by atoms with E-state index in [1.807, 2.05) is 41.2 Å². The van der Waals surface area contributed by atoms with Gasteiger partial charge in [0.1, 0.15) is 5.82 Å². The smallest absolute Gasteiger partial charge is 0.255 e. The van der Waals surface area contributed by atoms with Crippen molar-refractivity contribution in [2.24, 2.45) is 0 Å². The van der Waals surface area contributed by atoms with Crippen LogP contribution in [0.2, 0.25) is 0 Å². The highest BCUT2D eigenvalue weighted by Gasteiger charge is 2.15. The molecule has 2 heterocycles. The van der Waals surface area contributed by atoms with Crippen molar-refractivity contribution in [2.75, 3.05) is 0 Å². The average Bonchev–Trinajstić information content (AvgIpc) is 3.37. The van der Waals surface area contributed by atoms with Crippen LogP contribution in [0.25, 0.3) is 11.3 Å². The largest absolute Gasteiger partial charge is 0.348 e. The van der Waals surface area contributed by atoms with Gasteiger partial charge >= 0.3 is 0 Å². The van der Waals surface area contributed by atoms with Gasteiger partial charge < -0.3 is 5.32 Å². The summed E-state index contributed by atoms with van der Waals surface area (Å²) in [6.07, 6.45) is 5.11. The first-order chi connectivity index (χ1) is 13.7. The number of halogens is 1. The van der Waals surface area contributed by atoms with Gasteiger partial charge in [-0.25, -0.2) is 4.39 Å². The zero-order chi connectivity index (χ0) is 19.3. The molecule has 0 aliphatic carbocycles. The van der Waals surface area contributed by atoms with Crippen molar-refractivity contribution < 1.29 is 9.18 Å². The Kier molecular flexibility index (Phi) is 4.97. The minimum absolute atomic E-state index is 0.260. The quantitative estimate of drug-likeness (QED) is 0.542. The molecule has 7 heteroatoms. The molecule has 28 heavy (non-hydrogen) atoms. The fourth-order valence-electron chi connectivity index (χ4n) is 2.93. The van der Waals surface area contributed by atoms with E-state index in [2.05, 4.69) is 20.6 Å². The number of rotatable bonds is 6. The van der Waals surface area contributed by atoms with Gasteiger partial charge in [-0.2, -0.15) is 10.2 Å². The summed E-state index contributed by atoms with van der Waals surface area (Å²) < 4.78 is 15.0. The van der Waals surface area contributed by atoms with Crippen LogP contribution in [-0.4, -0.2) is 25.9 Å². The van der Waals surface area contributed by atoms with Crippen molar-refractivity contribution >= 4 is 5.91 Å². The number of carbonyl (C=O) groups excluding carboxylic acids is 1. The Labute approximate surface area is 161 Å². The van der Waals surface area contributed by atoms with Crippen LogP contribution in [0.1, 0.15) is 21.5 Å². The summed E-state index contributed by atoms with van der Waals surface area (Å²) in [5.41, 5.74) is 3.71. The molecule has 0 bridgehead atoms. The lowest BCUT2D eigenvalue weighted by Gasteiger charge is -2.05. The molecule has 1 amide bonds. The average molecular weight is 375 g/mol. The van der Waals surface area contributed by atoms with Crippen LogP contribution in [0.4, 0.5) is 4.39 Å². The number of aromatic nitrogens is 4. The van der Waals surface area contributed by atoms with Gasteiger partial charge in [-0.3, -0.25) is 14.6 Å². The van der Waals surface area contributed by atoms with Gasteiger partial charge in [0.15, 0.2) is 0 Å². The summed E-state index contributed by atoms with van der Waals surface area (Å²) in [6.45, 7) is 1.02. The molecule has 0 radical (unpaired) electrons. The highest BCUT2D eigenvalue weighted by Crippen LogP contribution is 2.21. The summed E-state index contributed by atoms with van der Waals surface area (Å²) in [6, 6.07) is 15.9. The van der Waals surface area contributed by atoms with Crippen molar-refractivity contribution in [1.29, 1.82) is 0 Å². The van der Waals surface area contributed by atoms with E-state index in [1.165, 1.54) is 18.3 Å². The van der Waals surface area contributed by atoms with Crippen LogP contribution in [0, 0.1) is 5.82 Å². The molecule has 0 unspecified atom stereocenters. The molecular formula is C21H18FN5O. The van der Waals surface area contributed by atoms with E-state index in [9.17, 15) is 9.18 Å². The van der Waals surface area contributed by atoms with Crippen LogP contribution < -0.4 is 5.32 Å². The fraction of sp³-hybridized carbons (Fsp3) is 0.0952. The highest BCUT2D eigenvalue weighted by atomic mass is 19.1. The second-order valence-electron chi connectivity index (χ2n) is 6.38. The number of benzene rings is 2. The number of nitrogens with one attached hydrogen (secondary N) is 2. The Hall–Kier alpha value is -3.74. The van der Waals surface area contributed by atoms with Crippen molar-refractivity contribution in [1.82, 2.24) is 25.3 Å². The van der Waals surface area contributed by atoms with Gasteiger partial charge in [0.05, 0.1) is 30.2 Å². The Bertz CT molecular complexity index is 1070. The molecule has 140 valence electrons. The van der Waals surface area contributed by atoms with Crippen LogP contribution >= 0.6 is 0 Å². The number of aromatic amines is 1. The van der Waals surface area contributed by atoms with Gasteiger partial charge in [0.2, 0.25) is 0 Å². The second kappa shape index (κ2) is 7.87. The number of carbonyl (C=O) groups is 1. The SMILES string of the molecule is O=C(NCc1cnn(Cc2ccccc2)c1)c1cn[nH]c1-c1ccc(F)cc1. The second-order valence-corrected chi connectivity index (χ2v) is 6.38. The Morgan fingerprint density at radius 3 is 2.61 bits per heavy atom. The third-order valence-electron chi connectivity index (χ3n) is 4.34. The monoisotopic (exact) mass is 375 g/mol. The summed E-state index contributed by atoms with van der Waals surface area (Å²) in [5.74, 6) is -0.592. The van der Waals surface area contributed by atoms with Crippen LogP contribution in [0.15, 0.2) is 73.2 Å². The number of nitrogens with zero attached hydrogens (tertiary/aromatic N) is 3. The Morgan fingerprint density at radius 2 is 1.82 bits per heavy atom. The predicted molar refractivity (Wildman–Crippen MR) is 103 cm³/mol. The molecule has 4 rings (SSSR count). The van der Waals surface area contributed by atoms with Gasteiger partial charge in [0, 0.05) is 23.9 Å². The molecular weight excluding hydrogens is 357 g/mol. The van der Waals surface area contributed by atoms with Crippen LogP contribution in [0.3, 0.4) is 0 Å². The van der Waals surface area contributed by atoms with E-state index < -0.39 is 0 Å². The van der Waals surface area contributed by atoms with Crippen molar-refractivity contribution in [3.8, 4) is 11.3 Å². The molecule has 6 nitrogen and oxygen atoms in total. The van der Waals surface area contributed by atoms with E-state index in [0.717, 1.165) is 11.1 Å². The van der Waals surface area contributed by atoms with E-state index in [1.54, 1.807) is 18.3 Å². The lowest BCUT2D eigenvalue weighted by Crippen LogP contribution is -2.22. The molecule has 0 atom stereocenters. The first-order valence-electron chi connectivity index (χ1n) is 8.82. The van der Waals surface area contributed by atoms with Crippen molar-refractivity contribution in [3.05, 3.63) is 95.7 Å². The first-order valence-corrected chi connectivity index (χ1v) is 8.82. The highest BCUT2D eigenvalue weighted by molar-refractivity contribution is 5.99. The summed E-state index contributed by atoms with van der Waals surface area (Å²) >= 11 is 0. The number of hydrogen-bond acceptors (Lipinski definition) is 3. The van der Waals surface area contributed by atoms with Gasteiger partial charge in [0.25, 0.3) is 5.91 Å². The summed E-state index contributed by atoms with van der Waals surface area (Å²) in [5, 5.41) is 14.0. The minimum atomic E-state index is -0.332. The molecule has 2 N–H and O–H groups in total. The van der Waals surface area contributed by atoms with Gasteiger partial charge in [-0.05, 0) is 29.8 Å². The maximum Gasteiger partial charge on any atom is 0.255 e. The lowest BCUT2D eigenvalue weighted by molar-refractivity contribution is 0.0951. The number of H-pyrrole nitrogens is 1. The maximum atomic E-state index is 13.1. The Morgan fingerprint density at radius 1 is 1.04 bits per heavy atom. The van der Waals surface area contributed by atoms with Gasteiger partial charge in [-0.15, -0.1) is 0 Å². The normalized spacial score (nSPS) is 10.8. The van der Waals surface area contributed by atoms with E-state index in [0.29, 0.717) is 29.9 Å². The number of hydrogen-bond donors (Lipinski definition) is 2. The van der Waals surface area contributed by atoms with Crippen LogP contribution in [-0.2, 0) is 13.1 Å². The first kappa shape index (κ1) is 17.7. The molecule has 2 aromatic carbocycles. The van der Waals surface area contributed by atoms with Crippen LogP contribution in [0.5, 0.6) is 0 Å². The lowest BCUT2D eigenvalue weighted by atomic mass is 10.1. The van der Waals surface area contributed by atoms with Gasteiger partial charge in [-0.1, -0.05) is 30.3 Å². The molecule has 0 spiro atoms. The zero-order valence-electron chi connectivity index (χ0n) is 15.0. The van der Waals surface area contributed by atoms with E-state index in [-0.39, 0.29) is 11.7 Å². The molecule has 4 aromatic rings. The molecule has 0 aliphatic rings. The predicted octanol–water partition coefficient (Wildman–Crippen LogP) is 3.39. The topological polar surface area (TPSA) is 75.6 Å². The molecule has 0 aliphatic heterocycles.